The van der Waals surface area contributed by atoms with E-state index in [4.69, 9.17) is 0 Å². The van der Waals surface area contributed by atoms with E-state index in [0.717, 1.165) is 25.1 Å². The van der Waals surface area contributed by atoms with Crippen molar-refractivity contribution < 1.29 is 4.79 Å². The predicted molar refractivity (Wildman–Crippen MR) is 77.4 cm³/mol. The van der Waals surface area contributed by atoms with Crippen LogP contribution in [0.4, 0.5) is 10.5 Å². The molecule has 1 heterocycles. The Bertz CT molecular complexity index is 472. The number of hydrogen-bond acceptors (Lipinski definition) is 1. The monoisotopic (exact) mass is 258 g/mol. The first-order valence-electron chi connectivity index (χ1n) is 7.41. The van der Waals surface area contributed by atoms with Gasteiger partial charge < -0.3 is 5.32 Å². The van der Waals surface area contributed by atoms with Crippen molar-refractivity contribution in [2.24, 2.45) is 5.92 Å². The summed E-state index contributed by atoms with van der Waals surface area (Å²) < 4.78 is 0. The molecule has 0 bridgehead atoms. The van der Waals surface area contributed by atoms with E-state index in [-0.39, 0.29) is 6.03 Å². The van der Waals surface area contributed by atoms with E-state index in [2.05, 4.69) is 18.3 Å². The van der Waals surface area contributed by atoms with Crippen LogP contribution < -0.4 is 10.2 Å². The minimum Gasteiger partial charge on any atom is -0.335 e. The summed E-state index contributed by atoms with van der Waals surface area (Å²) in [6.45, 7) is 3.06. The molecular weight excluding hydrogens is 236 g/mol. The lowest BCUT2D eigenvalue weighted by molar-refractivity contribution is 0.227. The molecule has 1 saturated carbocycles. The van der Waals surface area contributed by atoms with Crippen LogP contribution in [0.15, 0.2) is 24.3 Å². The minimum absolute atomic E-state index is 0.0868. The van der Waals surface area contributed by atoms with Gasteiger partial charge in [-0.1, -0.05) is 38.0 Å². The van der Waals surface area contributed by atoms with Gasteiger partial charge in [-0.3, -0.25) is 4.90 Å². The van der Waals surface area contributed by atoms with Gasteiger partial charge in [0, 0.05) is 18.3 Å². The summed E-state index contributed by atoms with van der Waals surface area (Å²) in [5.41, 5.74) is 2.37. The van der Waals surface area contributed by atoms with Gasteiger partial charge in [0.15, 0.2) is 0 Å². The SMILES string of the molecule is CC1CCCCC1NC(=O)N1CCc2ccccc21. The molecule has 0 aromatic heterocycles. The smallest absolute Gasteiger partial charge is 0.322 e. The molecule has 1 fully saturated rings. The molecule has 2 atom stereocenters. The topological polar surface area (TPSA) is 32.3 Å². The molecule has 0 radical (unpaired) electrons. The van der Waals surface area contributed by atoms with Gasteiger partial charge in [-0.05, 0) is 36.8 Å². The zero-order chi connectivity index (χ0) is 13.2. The van der Waals surface area contributed by atoms with E-state index in [0.29, 0.717) is 12.0 Å². The normalized spacial score (nSPS) is 26.1. The number of fused-ring (bicyclic) bond motifs is 1. The van der Waals surface area contributed by atoms with E-state index in [1.54, 1.807) is 0 Å². The van der Waals surface area contributed by atoms with Crippen molar-refractivity contribution in [2.75, 3.05) is 11.4 Å². The molecule has 3 heteroatoms. The third-order valence-electron chi connectivity index (χ3n) is 4.55. The third-order valence-corrected chi connectivity index (χ3v) is 4.55. The number of urea groups is 1. The molecule has 1 aliphatic carbocycles. The van der Waals surface area contributed by atoms with E-state index < -0.39 is 0 Å². The van der Waals surface area contributed by atoms with Gasteiger partial charge >= 0.3 is 6.03 Å². The summed E-state index contributed by atoms with van der Waals surface area (Å²) in [6, 6.07) is 8.66. The van der Waals surface area contributed by atoms with E-state index in [1.165, 1.54) is 24.8 Å². The van der Waals surface area contributed by atoms with Gasteiger partial charge in [-0.15, -0.1) is 0 Å². The maximum absolute atomic E-state index is 12.4. The number of para-hydroxylation sites is 1. The van der Waals surface area contributed by atoms with Crippen LogP contribution in [0.3, 0.4) is 0 Å². The van der Waals surface area contributed by atoms with Gasteiger partial charge in [0.25, 0.3) is 0 Å². The number of amides is 2. The first-order chi connectivity index (χ1) is 9.25. The van der Waals surface area contributed by atoms with Crippen molar-refractivity contribution in [2.45, 2.75) is 45.1 Å². The number of anilines is 1. The molecule has 2 amide bonds. The highest BCUT2D eigenvalue weighted by molar-refractivity contribution is 5.94. The summed E-state index contributed by atoms with van der Waals surface area (Å²) in [5, 5.41) is 3.24. The van der Waals surface area contributed by atoms with Crippen LogP contribution in [0.5, 0.6) is 0 Å². The first kappa shape index (κ1) is 12.5. The maximum Gasteiger partial charge on any atom is 0.322 e. The summed E-state index contributed by atoms with van der Waals surface area (Å²) in [5.74, 6) is 0.607. The fourth-order valence-electron chi connectivity index (χ4n) is 3.32. The number of carbonyl (C=O) groups is 1. The van der Waals surface area contributed by atoms with Gasteiger partial charge in [-0.25, -0.2) is 4.79 Å². The molecule has 0 saturated heterocycles. The van der Waals surface area contributed by atoms with Crippen molar-refractivity contribution in [3.63, 3.8) is 0 Å². The molecule has 2 aliphatic rings. The second-order valence-corrected chi connectivity index (χ2v) is 5.85. The highest BCUT2D eigenvalue weighted by Gasteiger charge is 2.28. The molecule has 0 spiro atoms. The van der Waals surface area contributed by atoms with Crippen LogP contribution in [-0.2, 0) is 6.42 Å². The Balaban J connectivity index is 1.68. The van der Waals surface area contributed by atoms with Gasteiger partial charge in [0.1, 0.15) is 0 Å². The fraction of sp³-hybridized carbons (Fsp3) is 0.562. The maximum atomic E-state index is 12.4. The lowest BCUT2D eigenvalue weighted by atomic mass is 9.86. The fourth-order valence-corrected chi connectivity index (χ4v) is 3.32. The molecule has 19 heavy (non-hydrogen) atoms. The summed E-state index contributed by atoms with van der Waals surface area (Å²) >= 11 is 0. The van der Waals surface area contributed by atoms with Gasteiger partial charge in [-0.2, -0.15) is 0 Å². The summed E-state index contributed by atoms with van der Waals surface area (Å²) in [6.07, 6.45) is 5.89. The Morgan fingerprint density at radius 3 is 2.89 bits per heavy atom. The largest absolute Gasteiger partial charge is 0.335 e. The lowest BCUT2D eigenvalue weighted by Crippen LogP contribution is -2.47. The van der Waals surface area contributed by atoms with Gasteiger partial charge in [0.05, 0.1) is 0 Å². The van der Waals surface area contributed by atoms with Crippen molar-refractivity contribution in [3.05, 3.63) is 29.8 Å². The van der Waals surface area contributed by atoms with Crippen LogP contribution in [0, 0.1) is 5.92 Å². The van der Waals surface area contributed by atoms with Crippen LogP contribution in [0.1, 0.15) is 38.2 Å². The van der Waals surface area contributed by atoms with Crippen LogP contribution in [0.2, 0.25) is 0 Å². The average molecular weight is 258 g/mol. The number of nitrogens with one attached hydrogen (secondary N) is 1. The van der Waals surface area contributed by atoms with Crippen LogP contribution in [0.25, 0.3) is 0 Å². The highest BCUT2D eigenvalue weighted by Crippen LogP contribution is 2.28. The van der Waals surface area contributed by atoms with E-state index in [9.17, 15) is 4.79 Å². The van der Waals surface area contributed by atoms with E-state index >= 15 is 0 Å². The standard InChI is InChI=1S/C16H22N2O/c1-12-6-2-4-8-14(12)17-16(19)18-11-10-13-7-3-5-9-15(13)18/h3,5,7,9,12,14H,2,4,6,8,10-11H2,1H3,(H,17,19). The summed E-state index contributed by atoms with van der Waals surface area (Å²) in [4.78, 5) is 14.3. The Labute approximate surface area is 115 Å². The Morgan fingerprint density at radius 2 is 2.05 bits per heavy atom. The Morgan fingerprint density at radius 1 is 1.26 bits per heavy atom. The minimum atomic E-state index is 0.0868. The molecule has 1 aliphatic heterocycles. The van der Waals surface area contributed by atoms with Crippen molar-refractivity contribution in [1.82, 2.24) is 5.32 Å². The lowest BCUT2D eigenvalue weighted by Gasteiger charge is -2.31. The molecule has 1 N–H and O–H groups in total. The molecule has 2 unspecified atom stereocenters. The highest BCUT2D eigenvalue weighted by atomic mass is 16.2. The van der Waals surface area contributed by atoms with Crippen molar-refractivity contribution in [1.29, 1.82) is 0 Å². The number of hydrogen-bond donors (Lipinski definition) is 1. The number of nitrogens with zero attached hydrogens (tertiary/aromatic N) is 1. The van der Waals surface area contributed by atoms with Crippen molar-refractivity contribution >= 4 is 11.7 Å². The summed E-state index contributed by atoms with van der Waals surface area (Å²) in [7, 11) is 0. The third kappa shape index (κ3) is 2.46. The van der Waals surface area contributed by atoms with Crippen LogP contribution in [-0.4, -0.2) is 18.6 Å². The molecule has 1 aromatic rings. The number of benzene rings is 1. The molecule has 102 valence electrons. The van der Waals surface area contributed by atoms with E-state index in [1.807, 2.05) is 23.1 Å². The second kappa shape index (κ2) is 5.24. The van der Waals surface area contributed by atoms with Gasteiger partial charge in [0.2, 0.25) is 0 Å². The zero-order valence-electron chi connectivity index (χ0n) is 11.6. The first-order valence-corrected chi connectivity index (χ1v) is 7.41. The predicted octanol–water partition coefficient (Wildman–Crippen LogP) is 3.34. The molecule has 3 rings (SSSR count). The number of carbonyl (C=O) groups excluding carboxylic acids is 1. The van der Waals surface area contributed by atoms with Crippen LogP contribution >= 0.6 is 0 Å². The number of rotatable bonds is 1. The average Bonchev–Trinajstić information content (AvgIpc) is 2.85. The quantitative estimate of drug-likeness (QED) is 0.823. The molecule has 3 nitrogen and oxygen atoms in total. The Kier molecular flexibility index (Phi) is 3.45. The zero-order valence-corrected chi connectivity index (χ0v) is 11.6. The Hall–Kier alpha value is -1.51. The molecule has 1 aromatic carbocycles. The van der Waals surface area contributed by atoms with Crippen molar-refractivity contribution in [3.8, 4) is 0 Å². The second-order valence-electron chi connectivity index (χ2n) is 5.85. The molecular formula is C16H22N2O.